The molecule has 154 valence electrons. The number of imide groups is 1. The van der Waals surface area contributed by atoms with Crippen molar-refractivity contribution in [2.45, 2.75) is 0 Å². The van der Waals surface area contributed by atoms with Crippen LogP contribution in [0.1, 0.15) is 10.4 Å². The van der Waals surface area contributed by atoms with E-state index in [1.807, 2.05) is 5.32 Å². The fourth-order valence-electron chi connectivity index (χ4n) is 2.45. The van der Waals surface area contributed by atoms with Gasteiger partial charge in [-0.05, 0) is 36.4 Å². The fraction of sp³-hybridized carbons (Fsp3) is 0.0500. The van der Waals surface area contributed by atoms with E-state index in [0.717, 1.165) is 6.07 Å². The molecule has 0 saturated carbocycles. The predicted octanol–water partition coefficient (Wildman–Crippen LogP) is 5.29. The first-order valence-electron chi connectivity index (χ1n) is 8.40. The van der Waals surface area contributed by atoms with Crippen molar-refractivity contribution >= 4 is 40.8 Å². The van der Waals surface area contributed by atoms with E-state index in [0.29, 0.717) is 15.8 Å². The number of nitrogens with one attached hydrogen (secondary N) is 2. The number of rotatable bonds is 5. The van der Waals surface area contributed by atoms with E-state index >= 15 is 0 Å². The molecule has 0 unspecified atom stereocenters. The standard InChI is InChI=1S/C20H14Cl2FN3O4/c1-29-16-4-2-3-15(23)18(16)19(27)26-20(28)25-13-5-6-17(24-10-13)30-14-8-11(21)7-12(22)9-14/h2-10H,1H3,(H2,25,26,27,28). The molecule has 1 aromatic heterocycles. The molecule has 0 aliphatic rings. The monoisotopic (exact) mass is 449 g/mol. The summed E-state index contributed by atoms with van der Waals surface area (Å²) >= 11 is 11.8. The minimum absolute atomic E-state index is 0.00425. The highest BCUT2D eigenvalue weighted by atomic mass is 35.5. The maximum absolute atomic E-state index is 13.9. The first-order valence-corrected chi connectivity index (χ1v) is 9.16. The Morgan fingerprint density at radius 3 is 2.43 bits per heavy atom. The molecule has 0 spiro atoms. The lowest BCUT2D eigenvalue weighted by Crippen LogP contribution is -2.35. The summed E-state index contributed by atoms with van der Waals surface area (Å²) in [6, 6.07) is 10.7. The summed E-state index contributed by atoms with van der Waals surface area (Å²) in [5.74, 6) is -1.14. The quantitative estimate of drug-likeness (QED) is 0.552. The van der Waals surface area contributed by atoms with Gasteiger partial charge in [0.15, 0.2) is 0 Å². The van der Waals surface area contributed by atoms with Crippen LogP contribution in [0, 0.1) is 5.82 Å². The predicted molar refractivity (Wildman–Crippen MR) is 110 cm³/mol. The van der Waals surface area contributed by atoms with Gasteiger partial charge in [0.05, 0.1) is 19.0 Å². The Morgan fingerprint density at radius 1 is 1.07 bits per heavy atom. The summed E-state index contributed by atoms with van der Waals surface area (Å²) in [6.07, 6.45) is 1.31. The van der Waals surface area contributed by atoms with Gasteiger partial charge in [0.25, 0.3) is 5.91 Å². The largest absolute Gasteiger partial charge is 0.496 e. The van der Waals surface area contributed by atoms with Crippen molar-refractivity contribution in [3.05, 3.63) is 76.2 Å². The molecule has 0 fully saturated rings. The molecule has 3 aromatic rings. The number of methoxy groups -OCH3 is 1. The van der Waals surface area contributed by atoms with Gasteiger partial charge < -0.3 is 14.8 Å². The Bertz CT molecular complexity index is 1070. The molecule has 3 amide bonds. The Balaban J connectivity index is 1.63. The van der Waals surface area contributed by atoms with Crippen molar-refractivity contribution in [1.82, 2.24) is 10.3 Å². The van der Waals surface area contributed by atoms with Gasteiger partial charge in [-0.25, -0.2) is 14.2 Å². The summed E-state index contributed by atoms with van der Waals surface area (Å²) in [6.45, 7) is 0. The fourth-order valence-corrected chi connectivity index (χ4v) is 2.95. The molecule has 0 bridgehead atoms. The maximum Gasteiger partial charge on any atom is 0.326 e. The third-order valence-corrected chi connectivity index (χ3v) is 4.14. The van der Waals surface area contributed by atoms with Crippen LogP contribution >= 0.6 is 23.2 Å². The number of urea groups is 1. The molecule has 3 rings (SSSR count). The first kappa shape index (κ1) is 21.4. The van der Waals surface area contributed by atoms with Gasteiger partial charge in [0, 0.05) is 16.1 Å². The van der Waals surface area contributed by atoms with Crippen LogP contribution in [0.3, 0.4) is 0 Å². The second-order valence-corrected chi connectivity index (χ2v) is 6.69. The van der Waals surface area contributed by atoms with Gasteiger partial charge in [-0.15, -0.1) is 0 Å². The molecule has 0 radical (unpaired) electrons. The molecule has 7 nitrogen and oxygen atoms in total. The minimum atomic E-state index is -0.951. The van der Waals surface area contributed by atoms with Crippen LogP contribution in [0.5, 0.6) is 17.4 Å². The number of nitrogens with zero attached hydrogens (tertiary/aromatic N) is 1. The van der Waals surface area contributed by atoms with E-state index in [-0.39, 0.29) is 22.9 Å². The zero-order valence-corrected chi connectivity index (χ0v) is 16.9. The number of anilines is 1. The lowest BCUT2D eigenvalue weighted by molar-refractivity contribution is 0.0960. The molecule has 2 aromatic carbocycles. The van der Waals surface area contributed by atoms with E-state index in [2.05, 4.69) is 10.3 Å². The van der Waals surface area contributed by atoms with Crippen LogP contribution in [0.2, 0.25) is 10.0 Å². The lowest BCUT2D eigenvalue weighted by atomic mass is 10.1. The van der Waals surface area contributed by atoms with Gasteiger partial charge in [-0.1, -0.05) is 29.3 Å². The van der Waals surface area contributed by atoms with E-state index in [4.69, 9.17) is 32.7 Å². The first-order chi connectivity index (χ1) is 14.4. The van der Waals surface area contributed by atoms with Crippen molar-refractivity contribution in [2.24, 2.45) is 0 Å². The zero-order chi connectivity index (χ0) is 21.7. The number of carbonyl (C=O) groups excluding carboxylic acids is 2. The number of benzene rings is 2. The van der Waals surface area contributed by atoms with Crippen LogP contribution in [0.4, 0.5) is 14.9 Å². The molecular formula is C20H14Cl2FN3O4. The highest BCUT2D eigenvalue weighted by Gasteiger charge is 2.19. The normalized spacial score (nSPS) is 10.3. The number of hydrogen-bond acceptors (Lipinski definition) is 5. The Labute approximate surface area is 180 Å². The highest BCUT2D eigenvalue weighted by molar-refractivity contribution is 6.34. The van der Waals surface area contributed by atoms with E-state index < -0.39 is 17.8 Å². The summed E-state index contributed by atoms with van der Waals surface area (Å²) < 4.78 is 24.4. The van der Waals surface area contributed by atoms with Crippen molar-refractivity contribution < 1.29 is 23.5 Å². The molecule has 2 N–H and O–H groups in total. The molecule has 0 saturated heterocycles. The van der Waals surface area contributed by atoms with Gasteiger partial charge in [-0.2, -0.15) is 0 Å². The third kappa shape index (κ3) is 5.37. The molecular weight excluding hydrogens is 436 g/mol. The van der Waals surface area contributed by atoms with Crippen LogP contribution in [-0.2, 0) is 0 Å². The number of pyridine rings is 1. The average molecular weight is 450 g/mol. The average Bonchev–Trinajstić information content (AvgIpc) is 2.68. The van der Waals surface area contributed by atoms with Gasteiger partial charge >= 0.3 is 6.03 Å². The SMILES string of the molecule is COc1cccc(F)c1C(=O)NC(=O)Nc1ccc(Oc2cc(Cl)cc(Cl)c2)nc1. The molecule has 30 heavy (non-hydrogen) atoms. The van der Waals surface area contributed by atoms with Crippen molar-refractivity contribution in [1.29, 1.82) is 0 Å². The maximum atomic E-state index is 13.9. The Morgan fingerprint density at radius 2 is 1.80 bits per heavy atom. The summed E-state index contributed by atoms with van der Waals surface area (Å²) in [5, 5.41) is 5.26. The molecule has 0 atom stereocenters. The summed E-state index contributed by atoms with van der Waals surface area (Å²) in [5.41, 5.74) is -0.102. The summed E-state index contributed by atoms with van der Waals surface area (Å²) in [4.78, 5) is 28.3. The summed E-state index contributed by atoms with van der Waals surface area (Å²) in [7, 11) is 1.29. The number of carbonyl (C=O) groups is 2. The lowest BCUT2D eigenvalue weighted by Gasteiger charge is -2.10. The van der Waals surface area contributed by atoms with Crippen molar-refractivity contribution in [3.8, 4) is 17.4 Å². The molecule has 1 heterocycles. The highest BCUT2D eigenvalue weighted by Crippen LogP contribution is 2.28. The molecule has 0 aliphatic carbocycles. The Hall–Kier alpha value is -3.36. The zero-order valence-electron chi connectivity index (χ0n) is 15.4. The second kappa shape index (κ2) is 9.43. The van der Waals surface area contributed by atoms with Crippen molar-refractivity contribution in [3.63, 3.8) is 0 Å². The Kier molecular flexibility index (Phi) is 6.71. The smallest absolute Gasteiger partial charge is 0.326 e. The minimum Gasteiger partial charge on any atom is -0.496 e. The van der Waals surface area contributed by atoms with E-state index in [9.17, 15) is 14.0 Å². The molecule has 0 aliphatic heterocycles. The van der Waals surface area contributed by atoms with Crippen molar-refractivity contribution in [2.75, 3.05) is 12.4 Å². The number of halogens is 3. The van der Waals surface area contributed by atoms with Gasteiger partial charge in [0.1, 0.15) is 22.9 Å². The number of hydrogen-bond donors (Lipinski definition) is 2. The van der Waals surface area contributed by atoms with Crippen LogP contribution in [0.15, 0.2) is 54.7 Å². The van der Waals surface area contributed by atoms with E-state index in [1.54, 1.807) is 18.2 Å². The topological polar surface area (TPSA) is 89.5 Å². The van der Waals surface area contributed by atoms with Crippen LogP contribution in [-0.4, -0.2) is 24.0 Å². The number of amides is 3. The molecule has 10 heteroatoms. The van der Waals surface area contributed by atoms with E-state index in [1.165, 1.54) is 37.6 Å². The number of ether oxygens (including phenoxy) is 2. The van der Waals surface area contributed by atoms with Gasteiger partial charge in [-0.3, -0.25) is 10.1 Å². The van der Waals surface area contributed by atoms with Crippen LogP contribution in [0.25, 0.3) is 0 Å². The third-order valence-electron chi connectivity index (χ3n) is 3.70. The number of aromatic nitrogens is 1. The van der Waals surface area contributed by atoms with Crippen LogP contribution < -0.4 is 20.1 Å². The van der Waals surface area contributed by atoms with Gasteiger partial charge in [0.2, 0.25) is 5.88 Å². The second-order valence-electron chi connectivity index (χ2n) is 5.82.